The fourth-order valence-corrected chi connectivity index (χ4v) is 1.99. The Kier molecular flexibility index (Phi) is 8.67. The highest BCUT2D eigenvalue weighted by molar-refractivity contribution is 6.17. The molecule has 0 atom stereocenters. The molecule has 1 aromatic carbocycles. The van der Waals surface area contributed by atoms with E-state index in [4.69, 9.17) is 21.1 Å². The number of hydrogen-bond donors (Lipinski definition) is 1. The van der Waals surface area contributed by atoms with Gasteiger partial charge in [0, 0.05) is 24.4 Å². The van der Waals surface area contributed by atoms with Crippen molar-refractivity contribution in [2.24, 2.45) is 0 Å². The lowest BCUT2D eigenvalue weighted by Gasteiger charge is -2.15. The molecule has 0 aliphatic rings. The molecule has 0 aliphatic carbocycles. The number of alkyl halides is 1. The van der Waals surface area contributed by atoms with Crippen molar-refractivity contribution in [3.05, 3.63) is 23.8 Å². The molecule has 1 N–H and O–H groups in total. The second kappa shape index (κ2) is 10.3. The van der Waals surface area contributed by atoms with Crippen LogP contribution in [-0.4, -0.2) is 25.5 Å². The minimum atomic E-state index is -0.00187. The van der Waals surface area contributed by atoms with Crippen LogP contribution in [0, 0.1) is 0 Å². The fourth-order valence-electron chi connectivity index (χ4n) is 1.85. The van der Waals surface area contributed by atoms with Crippen LogP contribution >= 0.6 is 11.6 Å². The lowest BCUT2D eigenvalue weighted by atomic mass is 10.1. The van der Waals surface area contributed by atoms with Gasteiger partial charge in [0.1, 0.15) is 0 Å². The lowest BCUT2D eigenvalue weighted by molar-refractivity contribution is -0.121. The summed E-state index contributed by atoms with van der Waals surface area (Å²) in [5.41, 5.74) is 0.921. The molecule has 0 fully saturated rings. The van der Waals surface area contributed by atoms with E-state index >= 15 is 0 Å². The molecule has 0 unspecified atom stereocenters. The monoisotopic (exact) mass is 313 g/mol. The topological polar surface area (TPSA) is 47.6 Å². The minimum Gasteiger partial charge on any atom is -0.493 e. The fraction of sp³-hybridized carbons (Fsp3) is 0.562. The Labute approximate surface area is 131 Å². The first kappa shape index (κ1) is 17.6. The zero-order valence-corrected chi connectivity index (χ0v) is 13.5. The third-order valence-corrected chi connectivity index (χ3v) is 3.31. The number of amides is 1. The number of nitrogens with one attached hydrogen (secondary N) is 1. The number of ether oxygens (including phenoxy) is 2. The quantitative estimate of drug-likeness (QED) is 0.531. The number of rotatable bonds is 10. The van der Waals surface area contributed by atoms with Crippen LogP contribution in [0.3, 0.4) is 0 Å². The molecule has 1 amide bonds. The molecule has 1 rings (SSSR count). The highest BCUT2D eigenvalue weighted by Crippen LogP contribution is 2.31. The van der Waals surface area contributed by atoms with Crippen molar-refractivity contribution in [2.45, 2.75) is 39.2 Å². The van der Waals surface area contributed by atoms with Crippen LogP contribution in [0.1, 0.15) is 38.2 Å². The molecular weight excluding hydrogens is 290 g/mol. The molecule has 21 heavy (non-hydrogen) atoms. The van der Waals surface area contributed by atoms with E-state index in [0.29, 0.717) is 43.4 Å². The largest absolute Gasteiger partial charge is 0.493 e. The summed E-state index contributed by atoms with van der Waals surface area (Å²) in [6.45, 7) is 3.19. The Hall–Kier alpha value is -1.42. The third-order valence-electron chi connectivity index (χ3n) is 3.04. The summed E-state index contributed by atoms with van der Waals surface area (Å²) in [6, 6.07) is 5.69. The number of halogens is 1. The maximum Gasteiger partial charge on any atom is 0.220 e. The van der Waals surface area contributed by atoms with Crippen molar-refractivity contribution in [1.29, 1.82) is 0 Å². The number of benzene rings is 1. The SMILES string of the molecule is CCCCOc1c(CNC(=O)CCCCl)cccc1OC. The highest BCUT2D eigenvalue weighted by atomic mass is 35.5. The average molecular weight is 314 g/mol. The van der Waals surface area contributed by atoms with Gasteiger partial charge in [-0.15, -0.1) is 11.6 Å². The molecule has 0 radical (unpaired) electrons. The summed E-state index contributed by atoms with van der Waals surface area (Å²) in [5, 5.41) is 2.88. The van der Waals surface area contributed by atoms with Gasteiger partial charge in [-0.05, 0) is 18.9 Å². The van der Waals surface area contributed by atoms with Crippen molar-refractivity contribution in [2.75, 3.05) is 19.6 Å². The van der Waals surface area contributed by atoms with Gasteiger partial charge in [0.2, 0.25) is 5.91 Å². The first-order valence-corrected chi connectivity index (χ1v) is 7.87. The zero-order valence-electron chi connectivity index (χ0n) is 12.8. The number of hydrogen-bond acceptors (Lipinski definition) is 3. The molecule has 0 bridgehead atoms. The van der Waals surface area contributed by atoms with E-state index in [1.165, 1.54) is 0 Å². The van der Waals surface area contributed by atoms with E-state index in [2.05, 4.69) is 12.2 Å². The summed E-state index contributed by atoms with van der Waals surface area (Å²) < 4.78 is 11.1. The van der Waals surface area contributed by atoms with Crippen LogP contribution < -0.4 is 14.8 Å². The van der Waals surface area contributed by atoms with E-state index in [9.17, 15) is 4.79 Å². The summed E-state index contributed by atoms with van der Waals surface area (Å²) in [5.74, 6) is 1.90. The molecule has 0 saturated heterocycles. The molecule has 0 aliphatic heterocycles. The maximum absolute atomic E-state index is 11.7. The Balaban J connectivity index is 2.68. The summed E-state index contributed by atoms with van der Waals surface area (Å²) in [7, 11) is 1.62. The predicted molar refractivity (Wildman–Crippen MR) is 85.2 cm³/mol. The van der Waals surface area contributed by atoms with Gasteiger partial charge in [0.25, 0.3) is 0 Å². The zero-order chi connectivity index (χ0) is 15.5. The van der Waals surface area contributed by atoms with Crippen LogP contribution in [0.4, 0.5) is 0 Å². The van der Waals surface area contributed by atoms with Crippen LogP contribution in [-0.2, 0) is 11.3 Å². The van der Waals surface area contributed by atoms with Gasteiger partial charge in [0.15, 0.2) is 11.5 Å². The smallest absolute Gasteiger partial charge is 0.220 e. The molecule has 4 nitrogen and oxygen atoms in total. The average Bonchev–Trinajstić information content (AvgIpc) is 2.51. The van der Waals surface area contributed by atoms with Gasteiger partial charge >= 0.3 is 0 Å². The molecule has 118 valence electrons. The lowest BCUT2D eigenvalue weighted by Crippen LogP contribution is -2.23. The van der Waals surface area contributed by atoms with Crippen LogP contribution in [0.2, 0.25) is 0 Å². The number of methoxy groups -OCH3 is 1. The van der Waals surface area contributed by atoms with Crippen LogP contribution in [0.15, 0.2) is 18.2 Å². The Morgan fingerprint density at radius 2 is 2.14 bits per heavy atom. The van der Waals surface area contributed by atoms with E-state index in [1.807, 2.05) is 18.2 Å². The van der Waals surface area contributed by atoms with Crippen LogP contribution in [0.5, 0.6) is 11.5 Å². The number of unbranched alkanes of at least 4 members (excludes halogenated alkanes) is 1. The number of carbonyl (C=O) groups excluding carboxylic acids is 1. The molecule has 1 aromatic rings. The molecule has 0 spiro atoms. The van der Waals surface area contributed by atoms with Gasteiger partial charge in [-0.2, -0.15) is 0 Å². The normalized spacial score (nSPS) is 10.2. The Morgan fingerprint density at radius 3 is 2.81 bits per heavy atom. The van der Waals surface area contributed by atoms with Crippen molar-refractivity contribution in [3.63, 3.8) is 0 Å². The first-order valence-electron chi connectivity index (χ1n) is 7.34. The van der Waals surface area contributed by atoms with Crippen LogP contribution in [0.25, 0.3) is 0 Å². The van der Waals surface area contributed by atoms with Gasteiger partial charge in [-0.25, -0.2) is 0 Å². The maximum atomic E-state index is 11.7. The summed E-state index contributed by atoms with van der Waals surface area (Å²) >= 11 is 5.58. The summed E-state index contributed by atoms with van der Waals surface area (Å²) in [6.07, 6.45) is 3.18. The van der Waals surface area contributed by atoms with E-state index in [-0.39, 0.29) is 5.91 Å². The van der Waals surface area contributed by atoms with Crippen molar-refractivity contribution in [1.82, 2.24) is 5.32 Å². The Bertz CT molecular complexity index is 438. The molecule has 0 saturated carbocycles. The van der Waals surface area contributed by atoms with E-state index in [1.54, 1.807) is 7.11 Å². The van der Waals surface area contributed by atoms with Crippen molar-refractivity contribution in [3.8, 4) is 11.5 Å². The number of carbonyl (C=O) groups is 1. The van der Waals surface area contributed by atoms with Gasteiger partial charge in [-0.1, -0.05) is 25.5 Å². The van der Waals surface area contributed by atoms with Crippen molar-refractivity contribution < 1.29 is 14.3 Å². The number of para-hydroxylation sites is 1. The van der Waals surface area contributed by atoms with Gasteiger partial charge < -0.3 is 14.8 Å². The third kappa shape index (κ3) is 6.25. The Morgan fingerprint density at radius 1 is 1.33 bits per heavy atom. The molecule has 0 aromatic heterocycles. The minimum absolute atomic E-state index is 0.00187. The van der Waals surface area contributed by atoms with E-state index in [0.717, 1.165) is 18.4 Å². The summed E-state index contributed by atoms with van der Waals surface area (Å²) in [4.78, 5) is 11.7. The van der Waals surface area contributed by atoms with Gasteiger partial charge in [-0.3, -0.25) is 4.79 Å². The first-order chi connectivity index (χ1) is 10.2. The second-order valence-electron chi connectivity index (χ2n) is 4.72. The van der Waals surface area contributed by atoms with Gasteiger partial charge in [0.05, 0.1) is 13.7 Å². The van der Waals surface area contributed by atoms with E-state index < -0.39 is 0 Å². The second-order valence-corrected chi connectivity index (χ2v) is 5.10. The predicted octanol–water partition coefficient (Wildman–Crippen LogP) is 3.51. The standard InChI is InChI=1S/C16H24ClNO3/c1-3-4-11-21-16-13(7-5-8-14(16)20-2)12-18-15(19)9-6-10-17/h5,7-8H,3-4,6,9-12H2,1-2H3,(H,18,19). The van der Waals surface area contributed by atoms with Crippen molar-refractivity contribution >= 4 is 17.5 Å². The molecule has 0 heterocycles. The molecule has 5 heteroatoms. The molecular formula is C16H24ClNO3. The highest BCUT2D eigenvalue weighted by Gasteiger charge is 2.11.